The van der Waals surface area contributed by atoms with E-state index in [2.05, 4.69) is 43.8 Å². The van der Waals surface area contributed by atoms with Crippen LogP contribution in [-0.4, -0.2) is 19.2 Å². The molecular formula is C23H20BrIN2O2S. The summed E-state index contributed by atoms with van der Waals surface area (Å²) in [5.74, 6) is 0.683. The average Bonchev–Trinajstić information content (AvgIpc) is 3.11. The lowest BCUT2D eigenvalue weighted by molar-refractivity contribution is 0.102. The first kappa shape index (κ1) is 21.5. The van der Waals surface area contributed by atoms with Gasteiger partial charge in [-0.25, -0.2) is 4.99 Å². The van der Waals surface area contributed by atoms with Crippen LogP contribution in [0.25, 0.3) is 0 Å². The highest BCUT2D eigenvalue weighted by molar-refractivity contribution is 14.1. The standard InChI is InChI=1S/C23H20BrIN2O2S/c1-29-21-14(11-15(24)12-18(21)25)13-26-23-20(17-9-5-6-10-19(17)30-23)22(28)27-16-7-3-2-4-8-16/h2-4,7-8,11-13H,5-6,9-10H2,1H3,(H,27,28). The molecule has 0 radical (unpaired) electrons. The van der Waals surface area contributed by atoms with Crippen molar-refractivity contribution in [1.82, 2.24) is 0 Å². The third kappa shape index (κ3) is 4.63. The fourth-order valence-corrected chi connectivity index (χ4v) is 6.61. The second kappa shape index (κ2) is 9.62. The van der Waals surface area contributed by atoms with E-state index >= 15 is 0 Å². The molecule has 4 rings (SSSR count). The highest BCUT2D eigenvalue weighted by Gasteiger charge is 2.25. The van der Waals surface area contributed by atoms with Crippen LogP contribution in [0.1, 0.15) is 39.2 Å². The zero-order chi connectivity index (χ0) is 21.1. The summed E-state index contributed by atoms with van der Waals surface area (Å²) in [6, 6.07) is 13.5. The van der Waals surface area contributed by atoms with E-state index in [9.17, 15) is 4.79 Å². The molecule has 0 fully saturated rings. The van der Waals surface area contributed by atoms with Crippen molar-refractivity contribution < 1.29 is 9.53 Å². The normalized spacial score (nSPS) is 13.3. The molecule has 1 N–H and O–H groups in total. The van der Waals surface area contributed by atoms with Crippen molar-refractivity contribution in [2.24, 2.45) is 4.99 Å². The number of halogens is 2. The molecule has 0 spiro atoms. The van der Waals surface area contributed by atoms with Crippen LogP contribution in [0.4, 0.5) is 10.7 Å². The van der Waals surface area contributed by atoms with E-state index in [1.54, 1.807) is 24.7 Å². The predicted molar refractivity (Wildman–Crippen MR) is 136 cm³/mol. The Hall–Kier alpha value is -1.71. The molecule has 30 heavy (non-hydrogen) atoms. The number of nitrogens with zero attached hydrogens (tertiary/aromatic N) is 1. The van der Waals surface area contributed by atoms with Gasteiger partial charge in [0.1, 0.15) is 10.8 Å². The molecule has 2 aromatic carbocycles. The van der Waals surface area contributed by atoms with Crippen molar-refractivity contribution in [2.75, 3.05) is 12.4 Å². The summed E-state index contributed by atoms with van der Waals surface area (Å²) in [5, 5.41) is 3.79. The smallest absolute Gasteiger partial charge is 0.259 e. The molecule has 1 aliphatic rings. The van der Waals surface area contributed by atoms with Gasteiger partial charge in [0.05, 0.1) is 16.2 Å². The molecule has 1 aromatic heterocycles. The molecular weight excluding hydrogens is 575 g/mol. The maximum atomic E-state index is 13.2. The van der Waals surface area contributed by atoms with Crippen LogP contribution < -0.4 is 10.1 Å². The van der Waals surface area contributed by atoms with Crippen LogP contribution in [0.5, 0.6) is 5.75 Å². The van der Waals surface area contributed by atoms with E-state index in [0.717, 1.165) is 61.3 Å². The van der Waals surface area contributed by atoms with Crippen LogP contribution in [0.15, 0.2) is 51.9 Å². The number of aryl methyl sites for hydroxylation is 1. The quantitative estimate of drug-likeness (QED) is 0.255. The second-order valence-electron chi connectivity index (χ2n) is 6.98. The summed E-state index contributed by atoms with van der Waals surface area (Å²) in [6.07, 6.45) is 6.00. The first-order valence-electron chi connectivity index (χ1n) is 9.65. The maximum absolute atomic E-state index is 13.2. The number of nitrogens with one attached hydrogen (secondary N) is 1. The van der Waals surface area contributed by atoms with Gasteiger partial charge in [-0.05, 0) is 78.1 Å². The van der Waals surface area contributed by atoms with E-state index < -0.39 is 0 Å². The Bertz CT molecular complexity index is 1110. The monoisotopic (exact) mass is 594 g/mol. The summed E-state index contributed by atoms with van der Waals surface area (Å²) < 4.78 is 7.52. The van der Waals surface area contributed by atoms with Gasteiger partial charge in [-0.2, -0.15) is 0 Å². The number of amides is 1. The Morgan fingerprint density at radius 3 is 2.77 bits per heavy atom. The maximum Gasteiger partial charge on any atom is 0.259 e. The zero-order valence-corrected chi connectivity index (χ0v) is 20.9. The summed E-state index contributed by atoms with van der Waals surface area (Å²) >= 11 is 7.42. The Morgan fingerprint density at radius 2 is 2.00 bits per heavy atom. The number of aliphatic imine (C=N–C) groups is 1. The van der Waals surface area contributed by atoms with Crippen molar-refractivity contribution in [3.63, 3.8) is 0 Å². The van der Waals surface area contributed by atoms with E-state index in [4.69, 9.17) is 9.73 Å². The molecule has 7 heteroatoms. The van der Waals surface area contributed by atoms with E-state index in [-0.39, 0.29) is 5.91 Å². The lowest BCUT2D eigenvalue weighted by Crippen LogP contribution is -2.14. The van der Waals surface area contributed by atoms with E-state index in [1.807, 2.05) is 42.5 Å². The van der Waals surface area contributed by atoms with Gasteiger partial charge in [-0.1, -0.05) is 34.1 Å². The molecule has 0 bridgehead atoms. The molecule has 0 atom stereocenters. The number of para-hydroxylation sites is 1. The topological polar surface area (TPSA) is 50.7 Å². The van der Waals surface area contributed by atoms with Gasteiger partial charge in [0.2, 0.25) is 0 Å². The molecule has 0 unspecified atom stereocenters. The predicted octanol–water partition coefficient (Wildman–Crippen LogP) is 7.01. The Morgan fingerprint density at radius 1 is 1.23 bits per heavy atom. The largest absolute Gasteiger partial charge is 0.495 e. The minimum Gasteiger partial charge on any atom is -0.495 e. The van der Waals surface area contributed by atoms with Gasteiger partial charge >= 0.3 is 0 Å². The number of thiophene rings is 1. The minimum absolute atomic E-state index is 0.0939. The molecule has 154 valence electrons. The van der Waals surface area contributed by atoms with Crippen LogP contribution in [0, 0.1) is 3.57 Å². The molecule has 0 saturated carbocycles. The molecule has 3 aromatic rings. The first-order chi connectivity index (χ1) is 14.6. The fourth-order valence-electron chi connectivity index (χ4n) is 3.61. The number of methoxy groups -OCH3 is 1. The number of benzene rings is 2. The number of hydrogen-bond donors (Lipinski definition) is 1. The van der Waals surface area contributed by atoms with Crippen molar-refractivity contribution in [1.29, 1.82) is 0 Å². The highest BCUT2D eigenvalue weighted by Crippen LogP contribution is 2.40. The second-order valence-corrected chi connectivity index (χ2v) is 10.1. The van der Waals surface area contributed by atoms with Crippen LogP contribution in [0.2, 0.25) is 0 Å². The fraction of sp³-hybridized carbons (Fsp3) is 0.217. The number of hydrogen-bond acceptors (Lipinski definition) is 4. The molecule has 1 heterocycles. The number of carbonyl (C=O) groups is 1. The average molecular weight is 595 g/mol. The van der Waals surface area contributed by atoms with Crippen molar-refractivity contribution in [2.45, 2.75) is 25.7 Å². The Kier molecular flexibility index (Phi) is 6.90. The molecule has 0 aliphatic heterocycles. The summed E-state index contributed by atoms with van der Waals surface area (Å²) in [4.78, 5) is 19.2. The van der Waals surface area contributed by atoms with Gasteiger partial charge < -0.3 is 10.1 Å². The van der Waals surface area contributed by atoms with Gasteiger partial charge in [-0.3, -0.25) is 4.79 Å². The third-order valence-corrected chi connectivity index (χ3v) is 7.43. The van der Waals surface area contributed by atoms with Crippen molar-refractivity contribution in [3.05, 3.63) is 72.1 Å². The van der Waals surface area contributed by atoms with Gasteiger partial charge in [0.25, 0.3) is 5.91 Å². The van der Waals surface area contributed by atoms with Crippen molar-refractivity contribution in [3.8, 4) is 5.75 Å². The summed E-state index contributed by atoms with van der Waals surface area (Å²) in [7, 11) is 1.66. The number of rotatable bonds is 5. The lowest BCUT2D eigenvalue weighted by atomic mass is 9.95. The Balaban J connectivity index is 1.73. The van der Waals surface area contributed by atoms with Crippen molar-refractivity contribution >= 4 is 72.7 Å². The number of fused-ring (bicyclic) bond motifs is 1. The van der Waals surface area contributed by atoms with Gasteiger partial charge in [-0.15, -0.1) is 11.3 Å². The highest BCUT2D eigenvalue weighted by atomic mass is 127. The third-order valence-electron chi connectivity index (χ3n) is 4.97. The Labute approximate surface area is 202 Å². The first-order valence-corrected chi connectivity index (χ1v) is 12.3. The summed E-state index contributed by atoms with van der Waals surface area (Å²) in [5.41, 5.74) is 3.52. The van der Waals surface area contributed by atoms with Crippen LogP contribution >= 0.6 is 49.9 Å². The molecule has 4 nitrogen and oxygen atoms in total. The number of carbonyl (C=O) groups excluding carboxylic acids is 1. The number of ether oxygens (including phenoxy) is 1. The lowest BCUT2D eigenvalue weighted by Gasteiger charge is -2.12. The summed E-state index contributed by atoms with van der Waals surface area (Å²) in [6.45, 7) is 0. The van der Waals surface area contributed by atoms with Crippen LogP contribution in [-0.2, 0) is 12.8 Å². The molecule has 1 amide bonds. The minimum atomic E-state index is -0.0939. The van der Waals surface area contributed by atoms with Gasteiger partial charge in [0, 0.05) is 26.8 Å². The zero-order valence-electron chi connectivity index (χ0n) is 16.4. The van der Waals surface area contributed by atoms with Crippen LogP contribution in [0.3, 0.4) is 0 Å². The SMILES string of the molecule is COc1c(I)cc(Br)cc1C=Nc1sc2c(c1C(=O)Nc1ccccc1)CCCC2. The molecule has 1 aliphatic carbocycles. The van der Waals surface area contributed by atoms with Gasteiger partial charge in [0.15, 0.2) is 0 Å². The molecule has 0 saturated heterocycles. The van der Waals surface area contributed by atoms with E-state index in [0.29, 0.717) is 5.56 Å². The van der Waals surface area contributed by atoms with E-state index in [1.165, 1.54) is 4.88 Å². The number of anilines is 1.